The summed E-state index contributed by atoms with van der Waals surface area (Å²) in [5, 5.41) is 0. The first-order valence-electron chi connectivity index (χ1n) is 4.59. The summed E-state index contributed by atoms with van der Waals surface area (Å²) in [6.07, 6.45) is 1.52. The van der Waals surface area contributed by atoms with Gasteiger partial charge < -0.3 is 4.90 Å². The average Bonchev–Trinajstić information content (AvgIpc) is 1.94. The number of nitrogens with zero attached hydrogens (tertiary/aromatic N) is 2. The summed E-state index contributed by atoms with van der Waals surface area (Å²) in [5.41, 5.74) is 0. The molecule has 68 valence electrons. The molecular formula is C9H16N2O. The molecule has 2 bridgehead atoms. The number of likely N-dealkylation sites (tertiary alicyclic amines) is 1. The summed E-state index contributed by atoms with van der Waals surface area (Å²) >= 11 is 0. The minimum Gasteiger partial charge on any atom is -0.303 e. The molecule has 0 aromatic carbocycles. The fraction of sp³-hybridized carbons (Fsp3) is 0.889. The van der Waals surface area contributed by atoms with Crippen LogP contribution in [0.1, 0.15) is 12.8 Å². The molecule has 0 radical (unpaired) electrons. The molecule has 0 amide bonds. The summed E-state index contributed by atoms with van der Waals surface area (Å²) in [6, 6.07) is 0.963. The summed E-state index contributed by atoms with van der Waals surface area (Å²) in [5.74, 6) is 0.455. The second-order valence-electron chi connectivity index (χ2n) is 4.14. The van der Waals surface area contributed by atoms with Crippen molar-refractivity contribution in [2.45, 2.75) is 24.9 Å². The van der Waals surface area contributed by atoms with Crippen molar-refractivity contribution in [1.82, 2.24) is 9.80 Å². The normalized spacial score (nSPS) is 38.7. The Bertz CT molecular complexity index is 187. The van der Waals surface area contributed by atoms with Crippen LogP contribution in [-0.4, -0.2) is 54.9 Å². The molecule has 2 saturated heterocycles. The number of piperidine rings is 1. The Balaban J connectivity index is 2.13. The molecule has 2 aliphatic rings. The van der Waals surface area contributed by atoms with Gasteiger partial charge in [-0.05, 0) is 14.1 Å². The number of rotatable bonds is 0. The average molecular weight is 168 g/mol. The Morgan fingerprint density at radius 2 is 1.67 bits per heavy atom. The number of hydrogen-bond donors (Lipinski definition) is 0. The monoisotopic (exact) mass is 168 g/mol. The van der Waals surface area contributed by atoms with E-state index in [1.165, 1.54) is 0 Å². The minimum absolute atomic E-state index is 0.455. The van der Waals surface area contributed by atoms with Crippen molar-refractivity contribution in [2.24, 2.45) is 0 Å². The third-order valence-electron chi connectivity index (χ3n) is 3.12. The molecule has 0 saturated carbocycles. The highest BCUT2D eigenvalue weighted by Crippen LogP contribution is 2.23. The van der Waals surface area contributed by atoms with Crippen molar-refractivity contribution in [3.63, 3.8) is 0 Å². The van der Waals surface area contributed by atoms with Gasteiger partial charge >= 0.3 is 0 Å². The SMILES string of the molecule is CN1CC2CC(=O)CC(C1)N2C. The van der Waals surface area contributed by atoms with Gasteiger partial charge in [-0.15, -0.1) is 0 Å². The van der Waals surface area contributed by atoms with E-state index in [0.717, 1.165) is 25.9 Å². The maximum absolute atomic E-state index is 11.3. The maximum atomic E-state index is 11.3. The predicted molar refractivity (Wildman–Crippen MR) is 47.1 cm³/mol. The van der Waals surface area contributed by atoms with Crippen LogP contribution >= 0.6 is 0 Å². The van der Waals surface area contributed by atoms with Crippen LogP contribution in [0.4, 0.5) is 0 Å². The Kier molecular flexibility index (Phi) is 1.93. The first kappa shape index (κ1) is 8.20. The number of hydrogen-bond acceptors (Lipinski definition) is 3. The molecule has 12 heavy (non-hydrogen) atoms. The molecule has 0 spiro atoms. The van der Waals surface area contributed by atoms with Crippen LogP contribution in [0.2, 0.25) is 0 Å². The standard InChI is InChI=1S/C9H16N2O/c1-10-5-7-3-9(12)4-8(6-10)11(7)2/h7-8H,3-6H2,1-2H3. The van der Waals surface area contributed by atoms with Crippen LogP contribution in [-0.2, 0) is 4.79 Å². The number of likely N-dealkylation sites (N-methyl/N-ethyl adjacent to an activating group) is 2. The number of fused-ring (bicyclic) bond motifs is 2. The molecule has 3 heteroatoms. The van der Waals surface area contributed by atoms with Gasteiger partial charge in [0.05, 0.1) is 0 Å². The van der Waals surface area contributed by atoms with Crippen molar-refractivity contribution in [1.29, 1.82) is 0 Å². The summed E-state index contributed by atoms with van der Waals surface area (Å²) in [4.78, 5) is 16.0. The van der Waals surface area contributed by atoms with E-state index in [-0.39, 0.29) is 0 Å². The van der Waals surface area contributed by atoms with Crippen molar-refractivity contribution in [3.8, 4) is 0 Å². The van der Waals surface area contributed by atoms with Crippen LogP contribution in [0.3, 0.4) is 0 Å². The van der Waals surface area contributed by atoms with Crippen LogP contribution in [0.25, 0.3) is 0 Å². The van der Waals surface area contributed by atoms with E-state index in [1.54, 1.807) is 0 Å². The molecule has 0 aromatic heterocycles. The number of carbonyl (C=O) groups excluding carboxylic acids is 1. The zero-order chi connectivity index (χ0) is 8.72. The molecule has 2 fully saturated rings. The van der Waals surface area contributed by atoms with Gasteiger partial charge in [0.25, 0.3) is 0 Å². The van der Waals surface area contributed by atoms with E-state index in [4.69, 9.17) is 0 Å². The Morgan fingerprint density at radius 3 is 2.17 bits per heavy atom. The number of piperazine rings is 1. The molecular weight excluding hydrogens is 152 g/mol. The van der Waals surface area contributed by atoms with E-state index in [9.17, 15) is 4.79 Å². The highest BCUT2D eigenvalue weighted by atomic mass is 16.1. The molecule has 0 aromatic rings. The van der Waals surface area contributed by atoms with Crippen molar-refractivity contribution in [3.05, 3.63) is 0 Å². The lowest BCUT2D eigenvalue weighted by Crippen LogP contribution is -2.60. The number of ketones is 1. The third kappa shape index (κ3) is 1.27. The number of carbonyl (C=O) groups is 1. The van der Waals surface area contributed by atoms with E-state index in [0.29, 0.717) is 17.9 Å². The van der Waals surface area contributed by atoms with Gasteiger partial charge in [-0.2, -0.15) is 0 Å². The first-order valence-corrected chi connectivity index (χ1v) is 4.59. The lowest BCUT2D eigenvalue weighted by atomic mass is 9.91. The summed E-state index contributed by atoms with van der Waals surface area (Å²) < 4.78 is 0. The zero-order valence-corrected chi connectivity index (χ0v) is 7.79. The van der Waals surface area contributed by atoms with Crippen molar-refractivity contribution >= 4 is 5.78 Å². The van der Waals surface area contributed by atoms with E-state index in [1.807, 2.05) is 0 Å². The Labute approximate surface area is 73.3 Å². The predicted octanol–water partition coefficient (Wildman–Crippen LogP) is -0.0363. The lowest BCUT2D eigenvalue weighted by Gasteiger charge is -2.46. The topological polar surface area (TPSA) is 23.6 Å². The second kappa shape index (κ2) is 2.82. The van der Waals surface area contributed by atoms with E-state index in [2.05, 4.69) is 23.9 Å². The van der Waals surface area contributed by atoms with Crippen molar-refractivity contribution in [2.75, 3.05) is 27.2 Å². The van der Waals surface area contributed by atoms with E-state index < -0.39 is 0 Å². The molecule has 2 atom stereocenters. The molecule has 2 unspecified atom stereocenters. The Hall–Kier alpha value is -0.410. The van der Waals surface area contributed by atoms with Gasteiger partial charge in [0.15, 0.2) is 0 Å². The maximum Gasteiger partial charge on any atom is 0.136 e. The van der Waals surface area contributed by atoms with Crippen LogP contribution in [0, 0.1) is 0 Å². The summed E-state index contributed by atoms with van der Waals surface area (Å²) in [6.45, 7) is 2.11. The molecule has 0 N–H and O–H groups in total. The van der Waals surface area contributed by atoms with Gasteiger partial charge in [0.1, 0.15) is 5.78 Å². The molecule has 3 nitrogen and oxygen atoms in total. The second-order valence-corrected chi connectivity index (χ2v) is 4.14. The smallest absolute Gasteiger partial charge is 0.136 e. The summed E-state index contributed by atoms with van der Waals surface area (Å²) in [7, 11) is 4.29. The van der Waals surface area contributed by atoms with Gasteiger partial charge in [-0.25, -0.2) is 0 Å². The third-order valence-corrected chi connectivity index (χ3v) is 3.12. The minimum atomic E-state index is 0.455. The Morgan fingerprint density at radius 1 is 1.17 bits per heavy atom. The van der Waals surface area contributed by atoms with Gasteiger partial charge in [-0.3, -0.25) is 9.69 Å². The van der Waals surface area contributed by atoms with Gasteiger partial charge in [0.2, 0.25) is 0 Å². The first-order chi connectivity index (χ1) is 5.66. The number of Topliss-reactive ketones (excluding diaryl/α,β-unsaturated/α-hetero) is 1. The van der Waals surface area contributed by atoms with Gasteiger partial charge in [-0.1, -0.05) is 0 Å². The fourth-order valence-corrected chi connectivity index (χ4v) is 2.38. The zero-order valence-electron chi connectivity index (χ0n) is 7.79. The highest BCUT2D eigenvalue weighted by Gasteiger charge is 2.36. The van der Waals surface area contributed by atoms with Crippen LogP contribution in [0.5, 0.6) is 0 Å². The largest absolute Gasteiger partial charge is 0.303 e. The fourth-order valence-electron chi connectivity index (χ4n) is 2.38. The molecule has 0 aliphatic carbocycles. The van der Waals surface area contributed by atoms with Gasteiger partial charge in [0, 0.05) is 38.0 Å². The van der Waals surface area contributed by atoms with E-state index >= 15 is 0 Å². The lowest BCUT2D eigenvalue weighted by molar-refractivity contribution is -0.127. The molecule has 2 heterocycles. The van der Waals surface area contributed by atoms with Crippen LogP contribution < -0.4 is 0 Å². The quantitative estimate of drug-likeness (QED) is 0.507. The van der Waals surface area contributed by atoms with Crippen LogP contribution in [0.15, 0.2) is 0 Å². The van der Waals surface area contributed by atoms with Crippen molar-refractivity contribution < 1.29 is 4.79 Å². The molecule has 2 rings (SSSR count). The highest BCUT2D eigenvalue weighted by molar-refractivity contribution is 5.80. The molecule has 2 aliphatic heterocycles.